The molecule has 9 heteroatoms. The van der Waals surface area contributed by atoms with Crippen LogP contribution in [0.3, 0.4) is 0 Å². The van der Waals surface area contributed by atoms with Gasteiger partial charge in [0.25, 0.3) is 5.91 Å². The number of nitrogens with one attached hydrogen (secondary N) is 4. The topological polar surface area (TPSA) is 121 Å². The molecule has 8 nitrogen and oxygen atoms in total. The van der Waals surface area contributed by atoms with Crippen molar-refractivity contribution >= 4 is 57.5 Å². The van der Waals surface area contributed by atoms with Crippen molar-refractivity contribution in [3.63, 3.8) is 0 Å². The third-order valence-corrected chi connectivity index (χ3v) is 3.69. The summed E-state index contributed by atoms with van der Waals surface area (Å²) in [6, 6.07) is 13.8. The number of hydrogen-bond donors (Lipinski definition) is 5. The van der Waals surface area contributed by atoms with Crippen molar-refractivity contribution in [1.82, 2.24) is 5.32 Å². The van der Waals surface area contributed by atoms with Crippen LogP contribution in [0.5, 0.6) is 0 Å². The van der Waals surface area contributed by atoms with Crippen LogP contribution in [-0.4, -0.2) is 29.1 Å². The summed E-state index contributed by atoms with van der Waals surface area (Å²) in [4.78, 5) is 24.2. The van der Waals surface area contributed by atoms with Gasteiger partial charge in [-0.15, -0.1) is 0 Å². The maximum atomic E-state index is 12.4. The number of nitrogen functional groups attached to an aromatic ring is 1. The molecular weight excluding hydrogens is 376 g/mol. The van der Waals surface area contributed by atoms with Crippen LogP contribution in [-0.2, 0) is 9.59 Å². The number of thiocarbonyl (C=S) groups is 1. The highest BCUT2D eigenvalue weighted by Gasteiger charge is 2.17. The fraction of sp³-hybridized carbons (Fsp3) is 0.158. The van der Waals surface area contributed by atoms with Gasteiger partial charge < -0.3 is 21.7 Å². The first kappa shape index (κ1) is 20.8. The molecule has 2 rings (SSSR count). The van der Waals surface area contributed by atoms with E-state index < -0.39 is 11.7 Å². The van der Waals surface area contributed by atoms with Crippen LogP contribution in [0.25, 0.3) is 0 Å². The van der Waals surface area contributed by atoms with Gasteiger partial charge >= 0.3 is 0 Å². The second-order valence-electron chi connectivity index (χ2n) is 5.77. The van der Waals surface area contributed by atoms with Crippen LogP contribution in [0, 0.1) is 0 Å². The molecule has 0 heterocycles. The van der Waals surface area contributed by atoms with E-state index in [0.717, 1.165) is 5.69 Å². The molecule has 0 unspecified atom stereocenters. The summed E-state index contributed by atoms with van der Waals surface area (Å²) >= 11 is 5.15. The molecule has 0 aliphatic rings. The zero-order chi connectivity index (χ0) is 20.5. The summed E-state index contributed by atoms with van der Waals surface area (Å²) < 4.78 is 0. The molecule has 2 aromatic carbocycles. The lowest BCUT2D eigenvalue weighted by Gasteiger charge is -2.10. The molecule has 0 bridgehead atoms. The van der Waals surface area contributed by atoms with Crippen LogP contribution in [0.2, 0.25) is 0 Å². The average Bonchev–Trinajstić information content (AvgIpc) is 2.62. The Kier molecular flexibility index (Phi) is 7.46. The maximum Gasteiger partial charge on any atom is 0.279 e. The van der Waals surface area contributed by atoms with Crippen LogP contribution < -0.4 is 27.1 Å². The molecule has 0 aliphatic heterocycles. The Labute approximate surface area is 168 Å². The summed E-state index contributed by atoms with van der Waals surface area (Å²) in [5, 5.41) is 13.1. The smallest absolute Gasteiger partial charge is 0.279 e. The summed E-state index contributed by atoms with van der Waals surface area (Å²) in [6.07, 6.45) is 0. The van der Waals surface area contributed by atoms with Crippen LogP contribution >= 0.6 is 12.2 Å². The van der Waals surface area contributed by atoms with E-state index in [1.807, 2.05) is 13.0 Å². The predicted molar refractivity (Wildman–Crippen MR) is 118 cm³/mol. The number of hydrazone groups is 1. The summed E-state index contributed by atoms with van der Waals surface area (Å²) in [6.45, 7) is 3.92. The molecule has 0 spiro atoms. The Morgan fingerprint density at radius 1 is 1.04 bits per heavy atom. The lowest BCUT2D eigenvalue weighted by Crippen LogP contribution is -2.29. The Morgan fingerprint density at radius 3 is 2.32 bits per heavy atom. The van der Waals surface area contributed by atoms with Crippen LogP contribution in [0.1, 0.15) is 13.8 Å². The van der Waals surface area contributed by atoms with Crippen molar-refractivity contribution in [2.45, 2.75) is 13.8 Å². The van der Waals surface area contributed by atoms with Gasteiger partial charge in [0.1, 0.15) is 0 Å². The first-order valence-corrected chi connectivity index (χ1v) is 8.96. The number of amides is 1. The van der Waals surface area contributed by atoms with E-state index in [9.17, 15) is 9.59 Å². The van der Waals surface area contributed by atoms with E-state index in [2.05, 4.69) is 26.5 Å². The van der Waals surface area contributed by atoms with Gasteiger partial charge in [-0.25, -0.2) is 0 Å². The van der Waals surface area contributed by atoms with Crippen LogP contribution in [0.4, 0.5) is 22.7 Å². The minimum atomic E-state index is -0.631. The largest absolute Gasteiger partial charge is 0.399 e. The lowest BCUT2D eigenvalue weighted by atomic mass is 10.2. The second-order valence-corrected chi connectivity index (χ2v) is 6.18. The molecule has 0 radical (unpaired) electrons. The van der Waals surface area contributed by atoms with Gasteiger partial charge in [0.2, 0.25) is 0 Å². The highest BCUT2D eigenvalue weighted by atomic mass is 32.1. The van der Waals surface area contributed by atoms with Gasteiger partial charge in [-0.05, 0) is 55.5 Å². The van der Waals surface area contributed by atoms with Crippen LogP contribution in [0.15, 0.2) is 53.6 Å². The van der Waals surface area contributed by atoms with Crippen molar-refractivity contribution in [3.05, 3.63) is 48.5 Å². The first-order valence-electron chi connectivity index (χ1n) is 8.55. The van der Waals surface area contributed by atoms with Gasteiger partial charge in [-0.1, -0.05) is 12.1 Å². The highest BCUT2D eigenvalue weighted by molar-refractivity contribution is 7.80. The highest BCUT2D eigenvalue weighted by Crippen LogP contribution is 2.15. The van der Waals surface area contributed by atoms with Gasteiger partial charge in [0, 0.05) is 30.5 Å². The second kappa shape index (κ2) is 10.0. The first-order chi connectivity index (χ1) is 13.4. The monoisotopic (exact) mass is 398 g/mol. The van der Waals surface area contributed by atoms with E-state index in [-0.39, 0.29) is 5.71 Å². The maximum absolute atomic E-state index is 12.4. The minimum absolute atomic E-state index is 0.260. The molecule has 28 heavy (non-hydrogen) atoms. The molecule has 1 amide bonds. The molecule has 0 saturated heterocycles. The Balaban J connectivity index is 2.11. The normalized spacial score (nSPS) is 10.7. The van der Waals surface area contributed by atoms with E-state index in [1.54, 1.807) is 42.5 Å². The van der Waals surface area contributed by atoms with Gasteiger partial charge in [-0.2, -0.15) is 5.10 Å². The minimum Gasteiger partial charge on any atom is -0.399 e. The van der Waals surface area contributed by atoms with E-state index in [0.29, 0.717) is 28.7 Å². The molecule has 6 N–H and O–H groups in total. The Bertz CT molecular complexity index is 913. The van der Waals surface area contributed by atoms with Crippen molar-refractivity contribution in [1.29, 1.82) is 0 Å². The van der Waals surface area contributed by atoms with Crippen molar-refractivity contribution < 1.29 is 9.59 Å². The number of nitrogens with two attached hydrogens (primary N) is 1. The number of anilines is 4. The summed E-state index contributed by atoms with van der Waals surface area (Å²) in [5.74, 6) is -1.11. The molecule has 0 fully saturated rings. The third-order valence-electron chi connectivity index (χ3n) is 3.45. The fourth-order valence-corrected chi connectivity index (χ4v) is 2.48. The number of carbonyl (C=O) groups excluding carboxylic acids is 2. The number of ketones is 1. The van der Waals surface area contributed by atoms with E-state index >= 15 is 0 Å². The number of nitrogens with zero attached hydrogens (tertiary/aromatic N) is 1. The fourth-order valence-electron chi connectivity index (χ4n) is 2.22. The molecule has 0 aromatic heterocycles. The van der Waals surface area contributed by atoms with Crippen molar-refractivity contribution in [2.24, 2.45) is 5.10 Å². The molecular formula is C19H22N6O2S. The standard InChI is InChI=1S/C19H22N6O2S/c1-3-21-19(28)23-15-8-5-9-16(11-15)24-25-17(12(2)26)18(27)22-14-7-4-6-13(20)10-14/h4-11,24H,3,20H2,1-2H3,(H,22,27)(H2,21,23,28)/b25-17-. The number of benzene rings is 2. The predicted octanol–water partition coefficient (Wildman–Crippen LogP) is 2.57. The van der Waals surface area contributed by atoms with Gasteiger partial charge in [-0.3, -0.25) is 15.0 Å². The number of rotatable bonds is 7. The molecule has 2 aromatic rings. The summed E-state index contributed by atoms with van der Waals surface area (Å²) in [5.41, 5.74) is 10.4. The quantitative estimate of drug-likeness (QED) is 0.160. The average molecular weight is 398 g/mol. The molecule has 146 valence electrons. The zero-order valence-electron chi connectivity index (χ0n) is 15.6. The third kappa shape index (κ3) is 6.36. The zero-order valence-corrected chi connectivity index (χ0v) is 16.4. The Morgan fingerprint density at radius 2 is 1.68 bits per heavy atom. The lowest BCUT2D eigenvalue weighted by molar-refractivity contribution is -0.114. The van der Waals surface area contributed by atoms with Gasteiger partial charge in [0.05, 0.1) is 5.69 Å². The molecule has 0 aliphatic carbocycles. The number of carbonyl (C=O) groups is 2. The van der Waals surface area contributed by atoms with Crippen molar-refractivity contribution in [3.8, 4) is 0 Å². The molecule has 0 atom stereocenters. The summed E-state index contributed by atoms with van der Waals surface area (Å²) in [7, 11) is 0. The van der Waals surface area contributed by atoms with Crippen molar-refractivity contribution in [2.75, 3.05) is 28.3 Å². The Hall–Kier alpha value is -3.46. The number of hydrogen-bond acceptors (Lipinski definition) is 6. The SMILES string of the molecule is CCNC(=S)Nc1cccc(N/N=C(/C(C)=O)C(=O)Nc2cccc(N)c2)c1. The van der Waals surface area contributed by atoms with E-state index in [1.165, 1.54) is 6.92 Å². The van der Waals surface area contributed by atoms with E-state index in [4.69, 9.17) is 18.0 Å². The molecule has 0 saturated carbocycles. The van der Waals surface area contributed by atoms with Gasteiger partial charge in [0.15, 0.2) is 16.6 Å². The number of Topliss-reactive ketones (excluding diaryl/α,β-unsaturated/α-hetero) is 1.